The van der Waals surface area contributed by atoms with Crippen LogP contribution in [-0.4, -0.2) is 44.9 Å². The molecule has 2 heterocycles. The van der Waals surface area contributed by atoms with Crippen LogP contribution in [0.2, 0.25) is 0 Å². The Kier molecular flexibility index (Phi) is 7.35. The average Bonchev–Trinajstić information content (AvgIpc) is 3.40. The lowest BCUT2D eigenvalue weighted by molar-refractivity contribution is 0.120. The van der Waals surface area contributed by atoms with E-state index < -0.39 is 13.0 Å². The Hall–Kier alpha value is -2.25. The molecule has 3 aromatic rings. The summed E-state index contributed by atoms with van der Waals surface area (Å²) in [7, 11) is 0. The monoisotopic (exact) mass is 442 g/mol. The van der Waals surface area contributed by atoms with Gasteiger partial charge in [0.25, 0.3) is 6.43 Å². The molecule has 1 saturated heterocycles. The van der Waals surface area contributed by atoms with Crippen LogP contribution < -0.4 is 0 Å². The third kappa shape index (κ3) is 5.71. The van der Waals surface area contributed by atoms with Gasteiger partial charge in [0.1, 0.15) is 12.4 Å². The van der Waals surface area contributed by atoms with E-state index in [9.17, 15) is 8.78 Å². The van der Waals surface area contributed by atoms with Gasteiger partial charge in [-0.3, -0.25) is 4.90 Å². The number of hydrogen-bond acceptors (Lipinski definition) is 4. The van der Waals surface area contributed by atoms with Crippen molar-refractivity contribution in [2.45, 2.75) is 50.6 Å². The highest BCUT2D eigenvalue weighted by Crippen LogP contribution is 2.26. The smallest absolute Gasteiger partial charge is 0.257 e. The fourth-order valence-electron chi connectivity index (χ4n) is 3.98. The highest BCUT2D eigenvalue weighted by atomic mass is 32.2. The molecule has 2 aromatic carbocycles. The summed E-state index contributed by atoms with van der Waals surface area (Å²) in [5.74, 6) is 2.03. The van der Waals surface area contributed by atoms with Crippen molar-refractivity contribution >= 4 is 11.8 Å². The zero-order valence-corrected chi connectivity index (χ0v) is 18.6. The first-order chi connectivity index (χ1) is 15.1. The lowest BCUT2D eigenvalue weighted by Crippen LogP contribution is -2.18. The Morgan fingerprint density at radius 1 is 1.03 bits per heavy atom. The van der Waals surface area contributed by atoms with Gasteiger partial charge in [-0.1, -0.05) is 49.4 Å². The van der Waals surface area contributed by atoms with E-state index in [4.69, 9.17) is 0 Å². The van der Waals surface area contributed by atoms with E-state index in [0.717, 1.165) is 41.4 Å². The number of aromatic nitrogens is 3. The van der Waals surface area contributed by atoms with Gasteiger partial charge in [-0.15, -0.1) is 11.8 Å². The number of alkyl halides is 2. The number of rotatable bonds is 9. The van der Waals surface area contributed by atoms with E-state index in [-0.39, 0.29) is 0 Å². The molecule has 0 atom stereocenters. The second kappa shape index (κ2) is 10.4. The van der Waals surface area contributed by atoms with Crippen LogP contribution in [0.25, 0.3) is 11.4 Å². The minimum Gasteiger partial charge on any atom is -0.299 e. The maximum atomic E-state index is 13.2. The summed E-state index contributed by atoms with van der Waals surface area (Å²) in [6.45, 7) is 4.92. The van der Waals surface area contributed by atoms with E-state index in [2.05, 4.69) is 40.1 Å². The van der Waals surface area contributed by atoms with Crippen LogP contribution in [0.3, 0.4) is 0 Å². The normalized spacial score (nSPS) is 14.6. The van der Waals surface area contributed by atoms with E-state index >= 15 is 0 Å². The molecule has 0 radical (unpaired) electrons. The third-order valence-electron chi connectivity index (χ3n) is 5.50. The Labute approximate surface area is 186 Å². The van der Waals surface area contributed by atoms with Crippen LogP contribution in [0.15, 0.2) is 53.4 Å². The fourth-order valence-corrected chi connectivity index (χ4v) is 4.79. The van der Waals surface area contributed by atoms with Crippen molar-refractivity contribution in [3.63, 3.8) is 0 Å². The SMILES string of the molecule is CCSc1ccccc1Cc1nc(-c2ccc(CN3CCCC3)cc2)nn1CC(F)F. The Morgan fingerprint density at radius 2 is 1.77 bits per heavy atom. The summed E-state index contributed by atoms with van der Waals surface area (Å²) in [5.41, 5.74) is 3.20. The summed E-state index contributed by atoms with van der Waals surface area (Å²) in [5, 5.41) is 4.43. The molecular formula is C24H28F2N4S. The molecule has 0 bridgehead atoms. The molecule has 0 amide bonds. The highest BCUT2D eigenvalue weighted by molar-refractivity contribution is 7.99. The van der Waals surface area contributed by atoms with Gasteiger partial charge in [-0.05, 0) is 48.9 Å². The summed E-state index contributed by atoms with van der Waals surface area (Å²) < 4.78 is 27.8. The molecule has 31 heavy (non-hydrogen) atoms. The van der Waals surface area contributed by atoms with E-state index in [1.54, 1.807) is 11.8 Å². The fraction of sp³-hybridized carbons (Fsp3) is 0.417. The van der Waals surface area contributed by atoms with E-state index in [0.29, 0.717) is 18.1 Å². The molecule has 0 aliphatic carbocycles. The van der Waals surface area contributed by atoms with Crippen molar-refractivity contribution in [3.05, 3.63) is 65.5 Å². The first-order valence-corrected chi connectivity index (χ1v) is 11.8. The Bertz CT molecular complexity index is 981. The molecule has 7 heteroatoms. The number of halogens is 2. The van der Waals surface area contributed by atoms with Gasteiger partial charge in [0.05, 0.1) is 0 Å². The summed E-state index contributed by atoms with van der Waals surface area (Å²) in [6.07, 6.45) is 0.547. The van der Waals surface area contributed by atoms with Crippen molar-refractivity contribution in [1.82, 2.24) is 19.7 Å². The van der Waals surface area contributed by atoms with E-state index in [1.165, 1.54) is 23.1 Å². The molecule has 1 aliphatic rings. The van der Waals surface area contributed by atoms with Gasteiger partial charge in [0.2, 0.25) is 0 Å². The highest BCUT2D eigenvalue weighted by Gasteiger charge is 2.17. The summed E-state index contributed by atoms with van der Waals surface area (Å²) in [4.78, 5) is 8.27. The maximum absolute atomic E-state index is 13.2. The Balaban J connectivity index is 1.57. The number of benzene rings is 2. The molecule has 0 N–H and O–H groups in total. The van der Waals surface area contributed by atoms with Crippen LogP contribution in [-0.2, 0) is 19.5 Å². The standard InChI is InChI=1S/C24H28F2N4S/c1-2-31-21-8-4-3-7-20(21)15-23-27-24(28-30(23)17-22(25)26)19-11-9-18(10-12-19)16-29-13-5-6-14-29/h3-4,7-12,22H,2,5-6,13-17H2,1H3. The van der Waals surface area contributed by atoms with Crippen LogP contribution in [0, 0.1) is 0 Å². The minimum atomic E-state index is -2.48. The van der Waals surface area contributed by atoms with Gasteiger partial charge < -0.3 is 0 Å². The van der Waals surface area contributed by atoms with Crippen LogP contribution in [0.4, 0.5) is 8.78 Å². The van der Waals surface area contributed by atoms with Crippen molar-refractivity contribution < 1.29 is 8.78 Å². The first-order valence-electron chi connectivity index (χ1n) is 10.9. The van der Waals surface area contributed by atoms with Crippen molar-refractivity contribution in [2.24, 2.45) is 0 Å². The molecule has 1 aliphatic heterocycles. The number of hydrogen-bond donors (Lipinski definition) is 0. The number of nitrogens with zero attached hydrogens (tertiary/aromatic N) is 4. The predicted octanol–water partition coefficient (Wildman–Crippen LogP) is 5.51. The zero-order valence-electron chi connectivity index (χ0n) is 17.8. The van der Waals surface area contributed by atoms with Crippen LogP contribution in [0.5, 0.6) is 0 Å². The molecule has 0 unspecified atom stereocenters. The Morgan fingerprint density at radius 3 is 2.48 bits per heavy atom. The topological polar surface area (TPSA) is 34.0 Å². The van der Waals surface area contributed by atoms with Gasteiger partial charge >= 0.3 is 0 Å². The lowest BCUT2D eigenvalue weighted by Gasteiger charge is -2.14. The van der Waals surface area contributed by atoms with Gasteiger partial charge in [0.15, 0.2) is 5.82 Å². The molecular weight excluding hydrogens is 414 g/mol. The molecule has 1 fully saturated rings. The molecule has 1 aromatic heterocycles. The van der Waals surface area contributed by atoms with Gasteiger partial charge in [-0.25, -0.2) is 18.4 Å². The van der Waals surface area contributed by atoms with Crippen molar-refractivity contribution in [1.29, 1.82) is 0 Å². The summed E-state index contributed by atoms with van der Waals surface area (Å²) >= 11 is 1.75. The van der Waals surface area contributed by atoms with Crippen LogP contribution >= 0.6 is 11.8 Å². The quantitative estimate of drug-likeness (QED) is 0.409. The molecule has 164 valence electrons. The van der Waals surface area contributed by atoms with Crippen LogP contribution in [0.1, 0.15) is 36.7 Å². The van der Waals surface area contributed by atoms with Crippen molar-refractivity contribution in [3.8, 4) is 11.4 Å². The molecule has 0 spiro atoms. The third-order valence-corrected chi connectivity index (χ3v) is 6.50. The number of likely N-dealkylation sites (tertiary alicyclic amines) is 1. The summed E-state index contributed by atoms with van der Waals surface area (Å²) in [6, 6.07) is 16.3. The number of thioether (sulfide) groups is 1. The maximum Gasteiger partial charge on any atom is 0.257 e. The average molecular weight is 443 g/mol. The van der Waals surface area contributed by atoms with E-state index in [1.807, 2.05) is 30.3 Å². The second-order valence-corrected chi connectivity index (χ2v) is 9.13. The van der Waals surface area contributed by atoms with Gasteiger partial charge in [-0.2, -0.15) is 5.10 Å². The van der Waals surface area contributed by atoms with Gasteiger partial charge in [0, 0.05) is 23.4 Å². The second-order valence-electron chi connectivity index (χ2n) is 7.82. The lowest BCUT2D eigenvalue weighted by atomic mass is 10.1. The molecule has 0 saturated carbocycles. The minimum absolute atomic E-state index is 0.446. The largest absolute Gasteiger partial charge is 0.299 e. The van der Waals surface area contributed by atoms with Crippen molar-refractivity contribution in [2.75, 3.05) is 18.8 Å². The molecule has 4 nitrogen and oxygen atoms in total. The predicted molar refractivity (Wildman–Crippen MR) is 122 cm³/mol. The zero-order chi connectivity index (χ0) is 21.6. The molecule has 4 rings (SSSR count). The first kappa shape index (κ1) is 22.0.